The third-order valence-electron chi connectivity index (χ3n) is 4.50. The van der Waals surface area contributed by atoms with Crippen LogP contribution in [0.3, 0.4) is 0 Å². The zero-order chi connectivity index (χ0) is 21.8. The number of esters is 2. The van der Waals surface area contributed by atoms with Gasteiger partial charge in [0.2, 0.25) is 0 Å². The lowest BCUT2D eigenvalue weighted by Gasteiger charge is -2.07. The van der Waals surface area contributed by atoms with Crippen molar-refractivity contribution in [2.24, 2.45) is 0 Å². The maximum Gasteiger partial charge on any atom is 0.348 e. The van der Waals surface area contributed by atoms with Gasteiger partial charge in [0.15, 0.2) is 0 Å². The van der Waals surface area contributed by atoms with E-state index in [0.717, 1.165) is 20.9 Å². The Morgan fingerprint density at radius 2 is 0.968 bits per heavy atom. The monoisotopic (exact) mass is 450 g/mol. The van der Waals surface area contributed by atoms with Crippen molar-refractivity contribution in [2.45, 2.75) is 0 Å². The van der Waals surface area contributed by atoms with Crippen LogP contribution in [0.2, 0.25) is 0 Å². The van der Waals surface area contributed by atoms with Gasteiger partial charge in [-0.2, -0.15) is 0 Å². The van der Waals surface area contributed by atoms with E-state index in [1.807, 2.05) is 60.7 Å². The van der Waals surface area contributed by atoms with E-state index >= 15 is 0 Å². The molecule has 0 N–H and O–H groups in total. The highest BCUT2D eigenvalue weighted by atomic mass is 32.1. The normalized spacial score (nSPS) is 10.5. The van der Waals surface area contributed by atoms with Gasteiger partial charge in [-0.1, -0.05) is 0 Å². The van der Waals surface area contributed by atoms with Gasteiger partial charge in [-0.15, -0.1) is 22.7 Å². The Morgan fingerprint density at radius 3 is 1.32 bits per heavy atom. The van der Waals surface area contributed by atoms with E-state index in [1.54, 1.807) is 12.1 Å². The lowest BCUT2D eigenvalue weighted by atomic mass is 10.1. The van der Waals surface area contributed by atoms with Gasteiger partial charge in [-0.3, -0.25) is 0 Å². The summed E-state index contributed by atoms with van der Waals surface area (Å²) >= 11 is 2.78. The molecule has 2 aromatic heterocycles. The zero-order valence-corrected chi connectivity index (χ0v) is 18.4. The Balaban J connectivity index is 1.43. The minimum atomic E-state index is -0.330. The highest BCUT2D eigenvalue weighted by molar-refractivity contribution is 7.17. The second-order valence-corrected chi connectivity index (χ2v) is 8.63. The van der Waals surface area contributed by atoms with Crippen LogP contribution in [0.15, 0.2) is 72.8 Å². The summed E-state index contributed by atoms with van der Waals surface area (Å²) in [5.41, 5.74) is 2.00. The van der Waals surface area contributed by atoms with E-state index in [2.05, 4.69) is 0 Å². The second-order valence-electron chi connectivity index (χ2n) is 6.46. The Hall–Kier alpha value is -3.42. The molecular formula is C24H18O5S2. The molecule has 2 heterocycles. The number of ether oxygens (including phenoxy) is 3. The van der Waals surface area contributed by atoms with E-state index in [-0.39, 0.29) is 11.9 Å². The first-order chi connectivity index (χ1) is 15.1. The third-order valence-corrected chi connectivity index (χ3v) is 6.73. The Bertz CT molecular complexity index is 1110. The predicted octanol–water partition coefficient (Wildman–Crippen LogP) is 6.51. The fraction of sp³-hybridized carbons (Fsp3) is 0.0833. The number of methoxy groups -OCH3 is 2. The smallest absolute Gasteiger partial charge is 0.348 e. The van der Waals surface area contributed by atoms with E-state index in [9.17, 15) is 9.59 Å². The summed E-state index contributed by atoms with van der Waals surface area (Å²) in [5.74, 6) is 0.767. The van der Waals surface area contributed by atoms with Crippen molar-refractivity contribution in [1.29, 1.82) is 0 Å². The molecule has 31 heavy (non-hydrogen) atoms. The van der Waals surface area contributed by atoms with Crippen molar-refractivity contribution >= 4 is 34.6 Å². The molecule has 0 fully saturated rings. The summed E-state index contributed by atoms with van der Waals surface area (Å²) < 4.78 is 15.5. The van der Waals surface area contributed by atoms with Crippen molar-refractivity contribution in [3.8, 4) is 32.4 Å². The first kappa shape index (κ1) is 20.8. The molecule has 5 nitrogen and oxygen atoms in total. The van der Waals surface area contributed by atoms with Gasteiger partial charge in [0.05, 0.1) is 14.2 Å². The number of carbonyl (C=O) groups excluding carboxylic acids is 2. The van der Waals surface area contributed by atoms with Gasteiger partial charge in [-0.05, 0) is 83.9 Å². The van der Waals surface area contributed by atoms with Crippen LogP contribution in [-0.4, -0.2) is 26.2 Å². The van der Waals surface area contributed by atoms with Crippen molar-refractivity contribution in [2.75, 3.05) is 14.2 Å². The molecule has 156 valence electrons. The lowest BCUT2D eigenvalue weighted by Crippen LogP contribution is -1.96. The number of thiophene rings is 2. The van der Waals surface area contributed by atoms with Crippen molar-refractivity contribution in [3.63, 3.8) is 0 Å². The minimum Gasteiger partial charge on any atom is -0.465 e. The van der Waals surface area contributed by atoms with Gasteiger partial charge in [0, 0.05) is 9.75 Å². The molecule has 0 aliphatic carbocycles. The molecule has 0 unspecified atom stereocenters. The highest BCUT2D eigenvalue weighted by Crippen LogP contribution is 2.33. The fourth-order valence-corrected chi connectivity index (χ4v) is 4.78. The standard InChI is InChI=1S/C24H18O5S2/c1-27-23(25)21-13-11-19(30-21)15-3-7-17(8-4-15)29-18-9-5-16(6-10-18)20-12-14-22(31-20)24(26)28-2/h3-14H,1-2H3. The van der Waals surface area contributed by atoms with Crippen LogP contribution < -0.4 is 4.74 Å². The third kappa shape index (κ3) is 4.68. The molecule has 4 aromatic rings. The van der Waals surface area contributed by atoms with Crippen LogP contribution in [-0.2, 0) is 9.47 Å². The Labute approximate surface area is 187 Å². The quantitative estimate of drug-likeness (QED) is 0.313. The summed E-state index contributed by atoms with van der Waals surface area (Å²) in [5, 5.41) is 0. The SMILES string of the molecule is COC(=O)c1ccc(-c2ccc(Oc3ccc(-c4ccc(C(=O)OC)s4)cc3)cc2)s1. The van der Waals surface area contributed by atoms with Gasteiger partial charge < -0.3 is 14.2 Å². The van der Waals surface area contributed by atoms with Gasteiger partial charge in [0.25, 0.3) is 0 Å². The van der Waals surface area contributed by atoms with Crippen molar-refractivity contribution < 1.29 is 23.8 Å². The van der Waals surface area contributed by atoms with Gasteiger partial charge in [-0.25, -0.2) is 9.59 Å². The average molecular weight is 451 g/mol. The molecule has 0 aliphatic heterocycles. The van der Waals surface area contributed by atoms with Crippen LogP contribution in [0.1, 0.15) is 19.3 Å². The molecule has 0 amide bonds. The minimum absolute atomic E-state index is 0.330. The molecule has 0 aliphatic rings. The highest BCUT2D eigenvalue weighted by Gasteiger charge is 2.11. The number of benzene rings is 2. The first-order valence-corrected chi connectivity index (χ1v) is 11.0. The van der Waals surface area contributed by atoms with Crippen LogP contribution >= 0.6 is 22.7 Å². The number of carbonyl (C=O) groups is 2. The summed E-state index contributed by atoms with van der Waals surface area (Å²) in [6.45, 7) is 0. The average Bonchev–Trinajstić information content (AvgIpc) is 3.50. The second kappa shape index (κ2) is 9.16. The van der Waals surface area contributed by atoms with E-state index in [1.165, 1.54) is 36.9 Å². The van der Waals surface area contributed by atoms with Gasteiger partial charge in [0.1, 0.15) is 21.3 Å². The van der Waals surface area contributed by atoms with E-state index in [4.69, 9.17) is 14.2 Å². The topological polar surface area (TPSA) is 61.8 Å². The molecule has 2 aromatic carbocycles. The first-order valence-electron chi connectivity index (χ1n) is 9.32. The summed E-state index contributed by atoms with van der Waals surface area (Å²) in [6, 6.07) is 22.7. The van der Waals surface area contributed by atoms with Crippen LogP contribution in [0, 0.1) is 0 Å². The molecule has 0 bridgehead atoms. The maximum absolute atomic E-state index is 11.6. The molecule has 4 rings (SSSR count). The van der Waals surface area contributed by atoms with E-state index in [0.29, 0.717) is 21.3 Å². The van der Waals surface area contributed by atoms with Crippen LogP contribution in [0.4, 0.5) is 0 Å². The molecule has 0 atom stereocenters. The lowest BCUT2D eigenvalue weighted by molar-refractivity contribution is 0.0597. The number of rotatable bonds is 6. The van der Waals surface area contributed by atoms with Crippen molar-refractivity contribution in [3.05, 3.63) is 82.6 Å². The maximum atomic E-state index is 11.6. The molecule has 0 saturated heterocycles. The number of hydrogen-bond acceptors (Lipinski definition) is 7. The van der Waals surface area contributed by atoms with Gasteiger partial charge >= 0.3 is 11.9 Å². The number of hydrogen-bond donors (Lipinski definition) is 0. The summed E-state index contributed by atoms with van der Waals surface area (Å²) in [6.07, 6.45) is 0. The molecule has 0 radical (unpaired) electrons. The zero-order valence-electron chi connectivity index (χ0n) is 16.8. The van der Waals surface area contributed by atoms with Crippen LogP contribution in [0.25, 0.3) is 20.9 Å². The Morgan fingerprint density at radius 1 is 0.581 bits per heavy atom. The summed E-state index contributed by atoms with van der Waals surface area (Å²) in [7, 11) is 2.75. The fourth-order valence-electron chi connectivity index (χ4n) is 2.92. The van der Waals surface area contributed by atoms with E-state index < -0.39 is 0 Å². The Kier molecular flexibility index (Phi) is 6.16. The largest absolute Gasteiger partial charge is 0.465 e. The summed E-state index contributed by atoms with van der Waals surface area (Å²) in [4.78, 5) is 26.4. The van der Waals surface area contributed by atoms with Crippen LogP contribution in [0.5, 0.6) is 11.5 Å². The molecule has 7 heteroatoms. The van der Waals surface area contributed by atoms with Crippen molar-refractivity contribution in [1.82, 2.24) is 0 Å². The molecule has 0 spiro atoms. The molecular weight excluding hydrogens is 432 g/mol. The molecule has 0 saturated carbocycles. The predicted molar refractivity (Wildman–Crippen MR) is 122 cm³/mol.